The topological polar surface area (TPSA) is 50.8 Å². The van der Waals surface area contributed by atoms with Gasteiger partial charge in [0.1, 0.15) is 5.54 Å². The van der Waals surface area contributed by atoms with E-state index in [0.717, 1.165) is 39.0 Å². The van der Waals surface area contributed by atoms with E-state index in [2.05, 4.69) is 31.0 Å². The van der Waals surface area contributed by atoms with Crippen molar-refractivity contribution in [3.05, 3.63) is 0 Å². The molecule has 1 aliphatic carbocycles. The van der Waals surface area contributed by atoms with E-state index in [1.807, 2.05) is 0 Å². The highest BCUT2D eigenvalue weighted by Crippen LogP contribution is 2.34. The molecule has 0 amide bonds. The summed E-state index contributed by atoms with van der Waals surface area (Å²) in [6.45, 7) is 8.92. The molecule has 2 atom stereocenters. The lowest BCUT2D eigenvalue weighted by Crippen LogP contribution is -2.54. The van der Waals surface area contributed by atoms with Crippen LogP contribution in [0.4, 0.5) is 0 Å². The Bertz CT molecular complexity index is 309. The second-order valence-electron chi connectivity index (χ2n) is 5.89. The van der Waals surface area contributed by atoms with Crippen LogP contribution >= 0.6 is 0 Å². The molecule has 0 saturated heterocycles. The van der Waals surface area contributed by atoms with Crippen molar-refractivity contribution >= 4 is 5.97 Å². The number of nitrogens with one attached hydrogen (secondary N) is 1. The van der Waals surface area contributed by atoms with Gasteiger partial charge in [-0.15, -0.1) is 0 Å². The highest BCUT2D eigenvalue weighted by atomic mass is 16.5. The minimum absolute atomic E-state index is 0.128. The van der Waals surface area contributed by atoms with Gasteiger partial charge in [-0.25, -0.2) is 0 Å². The van der Waals surface area contributed by atoms with E-state index in [9.17, 15) is 4.79 Å². The fourth-order valence-electron chi connectivity index (χ4n) is 3.26. The number of carbonyl (C=O) groups is 1. The third-order valence-electron chi connectivity index (χ3n) is 4.13. The molecule has 0 spiro atoms. The van der Waals surface area contributed by atoms with Crippen molar-refractivity contribution in [3.63, 3.8) is 0 Å². The van der Waals surface area contributed by atoms with E-state index in [0.29, 0.717) is 6.04 Å². The van der Waals surface area contributed by atoms with E-state index in [4.69, 9.17) is 9.47 Å². The second-order valence-corrected chi connectivity index (χ2v) is 5.89. The molecule has 1 N–H and O–H groups in total. The Kier molecular flexibility index (Phi) is 6.92. The number of methoxy groups -OCH3 is 2. The van der Waals surface area contributed by atoms with Gasteiger partial charge in [-0.2, -0.15) is 0 Å². The summed E-state index contributed by atoms with van der Waals surface area (Å²) in [6, 6.07) is 0.683. The third-order valence-corrected chi connectivity index (χ3v) is 4.13. The van der Waals surface area contributed by atoms with Crippen LogP contribution in [0.1, 0.15) is 40.0 Å². The molecule has 1 saturated carbocycles. The maximum atomic E-state index is 12.2. The normalized spacial score (nSPS) is 26.4. The Morgan fingerprint density at radius 2 is 2.15 bits per heavy atom. The van der Waals surface area contributed by atoms with Gasteiger partial charge < -0.3 is 9.47 Å². The van der Waals surface area contributed by atoms with Crippen LogP contribution in [0.3, 0.4) is 0 Å². The van der Waals surface area contributed by atoms with Crippen molar-refractivity contribution in [3.8, 4) is 0 Å². The summed E-state index contributed by atoms with van der Waals surface area (Å²) in [4.78, 5) is 14.6. The lowest BCUT2D eigenvalue weighted by atomic mass is 9.96. The molecule has 1 aliphatic rings. The van der Waals surface area contributed by atoms with Crippen LogP contribution in [0.5, 0.6) is 0 Å². The molecule has 2 unspecified atom stereocenters. The van der Waals surface area contributed by atoms with Crippen molar-refractivity contribution in [2.24, 2.45) is 0 Å². The first-order valence-corrected chi connectivity index (χ1v) is 7.58. The number of ether oxygens (including phenoxy) is 2. The number of hydrogen-bond donors (Lipinski definition) is 1. The van der Waals surface area contributed by atoms with Crippen molar-refractivity contribution in [1.29, 1.82) is 0 Å². The predicted octanol–water partition coefficient (Wildman–Crippen LogP) is 1.42. The van der Waals surface area contributed by atoms with Gasteiger partial charge in [-0.05, 0) is 39.7 Å². The van der Waals surface area contributed by atoms with E-state index >= 15 is 0 Å². The Balaban J connectivity index is 2.74. The zero-order valence-electron chi connectivity index (χ0n) is 13.6. The van der Waals surface area contributed by atoms with E-state index < -0.39 is 5.54 Å². The number of esters is 1. The molecule has 5 heteroatoms. The fraction of sp³-hybridized carbons (Fsp3) is 0.933. The van der Waals surface area contributed by atoms with E-state index in [1.54, 1.807) is 7.11 Å². The SMILES string of the molecule is CCN(CCOC)C1CCC(NC(C)C)(C(=O)OC)C1. The molecule has 0 aromatic carbocycles. The van der Waals surface area contributed by atoms with Crippen LogP contribution in [0.25, 0.3) is 0 Å². The Morgan fingerprint density at radius 1 is 1.45 bits per heavy atom. The Hall–Kier alpha value is -0.650. The maximum absolute atomic E-state index is 12.2. The van der Waals surface area contributed by atoms with Gasteiger partial charge >= 0.3 is 5.97 Å². The van der Waals surface area contributed by atoms with Gasteiger partial charge in [0.25, 0.3) is 0 Å². The van der Waals surface area contributed by atoms with Gasteiger partial charge in [-0.1, -0.05) is 6.92 Å². The molecular formula is C15H30N2O3. The molecule has 0 aromatic rings. The summed E-state index contributed by atoms with van der Waals surface area (Å²) in [5.74, 6) is -0.128. The van der Waals surface area contributed by atoms with E-state index in [1.165, 1.54) is 7.11 Å². The zero-order valence-corrected chi connectivity index (χ0v) is 13.6. The fourth-order valence-corrected chi connectivity index (χ4v) is 3.26. The quantitative estimate of drug-likeness (QED) is 0.684. The van der Waals surface area contributed by atoms with Gasteiger partial charge in [0, 0.05) is 25.7 Å². The summed E-state index contributed by atoms with van der Waals surface area (Å²) in [5.41, 5.74) is -0.520. The third kappa shape index (κ3) is 4.17. The lowest BCUT2D eigenvalue weighted by Gasteiger charge is -2.32. The van der Waals surface area contributed by atoms with Crippen LogP contribution in [0.15, 0.2) is 0 Å². The van der Waals surface area contributed by atoms with Crippen molar-refractivity contribution in [2.75, 3.05) is 33.9 Å². The first-order chi connectivity index (χ1) is 9.49. The minimum atomic E-state index is -0.520. The highest BCUT2D eigenvalue weighted by molar-refractivity contribution is 5.81. The summed E-state index contributed by atoms with van der Waals surface area (Å²) in [5, 5.41) is 3.44. The molecule has 20 heavy (non-hydrogen) atoms. The highest BCUT2D eigenvalue weighted by Gasteiger charge is 2.47. The second kappa shape index (κ2) is 7.96. The summed E-state index contributed by atoms with van der Waals surface area (Å²) >= 11 is 0. The molecule has 0 heterocycles. The van der Waals surface area contributed by atoms with Gasteiger partial charge in [-0.3, -0.25) is 15.0 Å². The first-order valence-electron chi connectivity index (χ1n) is 7.58. The average molecular weight is 286 g/mol. The first kappa shape index (κ1) is 17.4. The molecular weight excluding hydrogens is 256 g/mol. The Labute approximate surface area is 123 Å². The predicted molar refractivity (Wildman–Crippen MR) is 79.8 cm³/mol. The summed E-state index contributed by atoms with van der Waals surface area (Å²) < 4.78 is 10.2. The smallest absolute Gasteiger partial charge is 0.326 e. The van der Waals surface area contributed by atoms with Crippen molar-refractivity contribution < 1.29 is 14.3 Å². The van der Waals surface area contributed by atoms with Crippen molar-refractivity contribution in [2.45, 2.75) is 57.7 Å². The molecule has 0 aromatic heterocycles. The van der Waals surface area contributed by atoms with E-state index in [-0.39, 0.29) is 12.0 Å². The number of carbonyl (C=O) groups excluding carboxylic acids is 1. The van der Waals surface area contributed by atoms with Crippen LogP contribution in [0, 0.1) is 0 Å². The zero-order chi connectivity index (χ0) is 15.2. The number of nitrogens with zero attached hydrogens (tertiary/aromatic N) is 1. The molecule has 118 valence electrons. The molecule has 1 rings (SSSR count). The van der Waals surface area contributed by atoms with Gasteiger partial charge in [0.2, 0.25) is 0 Å². The standard InChI is InChI=1S/C15H30N2O3/c1-6-17(9-10-19-4)13-7-8-15(11-13,14(18)20-5)16-12(2)3/h12-13,16H,6-11H2,1-5H3. The average Bonchev–Trinajstić information content (AvgIpc) is 2.83. The minimum Gasteiger partial charge on any atom is -0.468 e. The van der Waals surface area contributed by atoms with Gasteiger partial charge in [0.15, 0.2) is 0 Å². The van der Waals surface area contributed by atoms with Crippen molar-refractivity contribution in [1.82, 2.24) is 10.2 Å². The summed E-state index contributed by atoms with van der Waals surface area (Å²) in [7, 11) is 3.20. The maximum Gasteiger partial charge on any atom is 0.326 e. The molecule has 0 radical (unpaired) electrons. The number of rotatable bonds is 8. The molecule has 1 fully saturated rings. The monoisotopic (exact) mass is 286 g/mol. The lowest BCUT2D eigenvalue weighted by molar-refractivity contribution is -0.149. The van der Waals surface area contributed by atoms with Crippen LogP contribution in [-0.4, -0.2) is 62.4 Å². The summed E-state index contributed by atoms with van der Waals surface area (Å²) in [6.07, 6.45) is 2.67. The molecule has 0 bridgehead atoms. The van der Waals surface area contributed by atoms with Gasteiger partial charge in [0.05, 0.1) is 13.7 Å². The molecule has 5 nitrogen and oxygen atoms in total. The van der Waals surface area contributed by atoms with Crippen LogP contribution in [-0.2, 0) is 14.3 Å². The number of likely N-dealkylation sites (N-methyl/N-ethyl adjacent to an activating group) is 1. The number of hydrogen-bond acceptors (Lipinski definition) is 5. The van der Waals surface area contributed by atoms with Crippen LogP contribution in [0.2, 0.25) is 0 Å². The Morgan fingerprint density at radius 3 is 2.65 bits per heavy atom. The molecule has 0 aliphatic heterocycles. The largest absolute Gasteiger partial charge is 0.468 e. The van der Waals surface area contributed by atoms with Crippen LogP contribution < -0.4 is 5.32 Å².